The zero-order valence-corrected chi connectivity index (χ0v) is 16.2. The van der Waals surface area contributed by atoms with Crippen molar-refractivity contribution in [3.63, 3.8) is 0 Å². The molecule has 136 valence electrons. The minimum atomic E-state index is 0.866. The zero-order valence-electron chi connectivity index (χ0n) is 15.3. The molecule has 1 aliphatic rings. The molecule has 0 spiro atoms. The Hall–Kier alpha value is -1.18. The van der Waals surface area contributed by atoms with E-state index in [1.54, 1.807) is 0 Å². The first-order chi connectivity index (χ1) is 11.7. The molecule has 0 aromatic carbocycles. The molecule has 2 rings (SSSR count). The van der Waals surface area contributed by atoms with Crippen LogP contribution in [0, 0.1) is 0 Å². The number of aliphatic imine (C=N–C) groups is 1. The summed E-state index contributed by atoms with van der Waals surface area (Å²) in [6.07, 6.45) is 5.27. The van der Waals surface area contributed by atoms with E-state index in [2.05, 4.69) is 44.4 Å². The van der Waals surface area contributed by atoms with E-state index in [0.717, 1.165) is 45.0 Å². The van der Waals surface area contributed by atoms with Gasteiger partial charge >= 0.3 is 0 Å². The van der Waals surface area contributed by atoms with Crippen molar-refractivity contribution in [2.75, 3.05) is 59.9 Å². The van der Waals surface area contributed by atoms with Crippen LogP contribution in [-0.2, 0) is 12.8 Å². The minimum absolute atomic E-state index is 0.866. The molecule has 0 aliphatic carbocycles. The van der Waals surface area contributed by atoms with Crippen molar-refractivity contribution in [3.05, 3.63) is 16.1 Å². The van der Waals surface area contributed by atoms with Gasteiger partial charge in [0.15, 0.2) is 5.96 Å². The zero-order chi connectivity index (χ0) is 17.2. The lowest BCUT2D eigenvalue weighted by Crippen LogP contribution is -2.42. The second kappa shape index (κ2) is 10.6. The predicted octanol–water partition coefficient (Wildman–Crippen LogP) is 1.05. The van der Waals surface area contributed by atoms with Crippen molar-refractivity contribution in [3.8, 4) is 0 Å². The fourth-order valence-corrected chi connectivity index (χ4v) is 3.65. The topological polar surface area (TPSA) is 55.8 Å². The Bertz CT molecular complexity index is 501. The lowest BCUT2D eigenvalue weighted by atomic mass is 10.4. The van der Waals surface area contributed by atoms with Gasteiger partial charge in [-0.15, -0.1) is 11.3 Å². The van der Waals surface area contributed by atoms with E-state index in [1.807, 2.05) is 24.6 Å². The monoisotopic (exact) mass is 352 g/mol. The molecule has 6 nitrogen and oxygen atoms in total. The summed E-state index contributed by atoms with van der Waals surface area (Å²) < 4.78 is 0. The molecular formula is C17H32N6S. The van der Waals surface area contributed by atoms with Gasteiger partial charge in [-0.05, 0) is 33.0 Å². The van der Waals surface area contributed by atoms with Crippen molar-refractivity contribution in [1.82, 2.24) is 25.4 Å². The Morgan fingerprint density at radius 3 is 2.83 bits per heavy atom. The molecule has 0 atom stereocenters. The fraction of sp³-hybridized carbons (Fsp3) is 0.765. The van der Waals surface area contributed by atoms with Crippen LogP contribution in [0.3, 0.4) is 0 Å². The number of rotatable bonds is 7. The molecule has 0 amide bonds. The number of aryl methyl sites for hydroxylation is 1. The van der Waals surface area contributed by atoms with Gasteiger partial charge in [0.05, 0.1) is 5.01 Å². The van der Waals surface area contributed by atoms with Crippen LogP contribution in [0.25, 0.3) is 0 Å². The Balaban J connectivity index is 1.61. The van der Waals surface area contributed by atoms with Gasteiger partial charge in [-0.1, -0.05) is 6.92 Å². The predicted molar refractivity (Wildman–Crippen MR) is 103 cm³/mol. The van der Waals surface area contributed by atoms with Crippen LogP contribution >= 0.6 is 11.3 Å². The molecule has 1 aliphatic heterocycles. The lowest BCUT2D eigenvalue weighted by Gasteiger charge is -2.21. The Morgan fingerprint density at radius 2 is 2.08 bits per heavy atom. The number of nitrogens with one attached hydrogen (secondary N) is 2. The second-order valence-electron chi connectivity index (χ2n) is 6.25. The van der Waals surface area contributed by atoms with E-state index in [4.69, 9.17) is 0 Å². The first-order valence-corrected chi connectivity index (χ1v) is 9.82. The molecule has 24 heavy (non-hydrogen) atoms. The molecule has 0 unspecified atom stereocenters. The van der Waals surface area contributed by atoms with Gasteiger partial charge in [0.2, 0.25) is 0 Å². The van der Waals surface area contributed by atoms with Crippen molar-refractivity contribution in [2.45, 2.75) is 26.2 Å². The summed E-state index contributed by atoms with van der Waals surface area (Å²) in [6, 6.07) is 0. The van der Waals surface area contributed by atoms with E-state index in [0.29, 0.717) is 0 Å². The minimum Gasteiger partial charge on any atom is -0.356 e. The van der Waals surface area contributed by atoms with Crippen LogP contribution in [0.15, 0.2) is 11.2 Å². The highest BCUT2D eigenvalue weighted by Gasteiger charge is 2.11. The van der Waals surface area contributed by atoms with Gasteiger partial charge in [-0.2, -0.15) is 0 Å². The first kappa shape index (κ1) is 19.1. The fourth-order valence-electron chi connectivity index (χ4n) is 2.79. The maximum Gasteiger partial charge on any atom is 0.191 e. The first-order valence-electron chi connectivity index (χ1n) is 9.00. The van der Waals surface area contributed by atoms with Crippen LogP contribution in [0.5, 0.6) is 0 Å². The standard InChI is InChI=1S/C17H32N6S/c1-4-15-14-21-16(24-15)6-7-19-17(18-2)20-8-11-23-10-5-9-22(3)12-13-23/h14H,4-13H2,1-3H3,(H2,18,19,20). The molecule has 2 heterocycles. The quantitative estimate of drug-likeness (QED) is 0.567. The Morgan fingerprint density at radius 1 is 1.25 bits per heavy atom. The summed E-state index contributed by atoms with van der Waals surface area (Å²) in [5, 5.41) is 8.00. The summed E-state index contributed by atoms with van der Waals surface area (Å²) in [6.45, 7) is 9.77. The van der Waals surface area contributed by atoms with E-state index in [9.17, 15) is 0 Å². The molecule has 1 saturated heterocycles. The van der Waals surface area contributed by atoms with Crippen LogP contribution in [0.2, 0.25) is 0 Å². The molecule has 1 aromatic rings. The molecular weight excluding hydrogens is 320 g/mol. The van der Waals surface area contributed by atoms with Crippen LogP contribution < -0.4 is 10.6 Å². The summed E-state index contributed by atoms with van der Waals surface area (Å²) in [4.78, 5) is 15.1. The average molecular weight is 353 g/mol. The smallest absolute Gasteiger partial charge is 0.191 e. The van der Waals surface area contributed by atoms with Gasteiger partial charge in [0.25, 0.3) is 0 Å². The molecule has 0 radical (unpaired) electrons. The third-order valence-electron chi connectivity index (χ3n) is 4.34. The van der Waals surface area contributed by atoms with E-state index < -0.39 is 0 Å². The number of hydrogen-bond acceptors (Lipinski definition) is 5. The van der Waals surface area contributed by atoms with E-state index in [1.165, 1.54) is 35.9 Å². The molecule has 0 bridgehead atoms. The van der Waals surface area contributed by atoms with Crippen molar-refractivity contribution in [2.24, 2.45) is 4.99 Å². The number of likely N-dealkylation sites (N-methyl/N-ethyl adjacent to an activating group) is 1. The van der Waals surface area contributed by atoms with Crippen molar-refractivity contribution in [1.29, 1.82) is 0 Å². The van der Waals surface area contributed by atoms with Gasteiger partial charge in [-0.25, -0.2) is 4.98 Å². The molecule has 2 N–H and O–H groups in total. The summed E-state index contributed by atoms with van der Waals surface area (Å²) in [7, 11) is 4.04. The van der Waals surface area contributed by atoms with E-state index >= 15 is 0 Å². The third-order valence-corrected chi connectivity index (χ3v) is 5.54. The van der Waals surface area contributed by atoms with Gasteiger partial charge < -0.3 is 20.4 Å². The summed E-state index contributed by atoms with van der Waals surface area (Å²) in [5.74, 6) is 0.884. The van der Waals surface area contributed by atoms with Crippen molar-refractivity contribution < 1.29 is 0 Å². The highest BCUT2D eigenvalue weighted by molar-refractivity contribution is 7.11. The number of hydrogen-bond donors (Lipinski definition) is 2. The third kappa shape index (κ3) is 6.75. The Labute approximate surface area is 150 Å². The Kier molecular flexibility index (Phi) is 8.49. The lowest BCUT2D eigenvalue weighted by molar-refractivity contribution is 0.280. The SMILES string of the molecule is CCc1cnc(CCNC(=NC)NCCN2CCCN(C)CC2)s1. The summed E-state index contributed by atoms with van der Waals surface area (Å²) >= 11 is 1.81. The number of guanidine groups is 1. The second-order valence-corrected chi connectivity index (χ2v) is 7.45. The van der Waals surface area contributed by atoms with Crippen LogP contribution in [0.4, 0.5) is 0 Å². The van der Waals surface area contributed by atoms with Gasteiger partial charge in [0, 0.05) is 57.3 Å². The van der Waals surface area contributed by atoms with E-state index in [-0.39, 0.29) is 0 Å². The van der Waals surface area contributed by atoms with Gasteiger partial charge in [0.1, 0.15) is 0 Å². The molecule has 0 saturated carbocycles. The maximum absolute atomic E-state index is 4.46. The van der Waals surface area contributed by atoms with Gasteiger partial charge in [-0.3, -0.25) is 4.99 Å². The number of nitrogens with zero attached hydrogens (tertiary/aromatic N) is 4. The maximum atomic E-state index is 4.46. The largest absolute Gasteiger partial charge is 0.356 e. The molecule has 7 heteroatoms. The molecule has 1 aromatic heterocycles. The highest BCUT2D eigenvalue weighted by atomic mass is 32.1. The van der Waals surface area contributed by atoms with Crippen LogP contribution in [-0.4, -0.2) is 80.7 Å². The molecule has 1 fully saturated rings. The number of thiazole rings is 1. The number of aromatic nitrogens is 1. The van der Waals surface area contributed by atoms with Crippen LogP contribution in [0.1, 0.15) is 23.2 Å². The normalized spacial score (nSPS) is 17.7. The average Bonchev–Trinajstić information content (AvgIpc) is 2.95. The summed E-state index contributed by atoms with van der Waals surface area (Å²) in [5.41, 5.74) is 0. The highest BCUT2D eigenvalue weighted by Crippen LogP contribution is 2.13. The van der Waals surface area contributed by atoms with Crippen molar-refractivity contribution >= 4 is 17.3 Å².